The number of rotatable bonds is 4. The van der Waals surface area contributed by atoms with E-state index in [0.717, 1.165) is 18.3 Å². The fourth-order valence-corrected chi connectivity index (χ4v) is 2.61. The molecule has 2 rings (SSSR count). The van der Waals surface area contributed by atoms with Crippen molar-refractivity contribution in [2.75, 3.05) is 4.72 Å². The molecule has 8 nitrogen and oxygen atoms in total. The maximum absolute atomic E-state index is 12.0. The van der Waals surface area contributed by atoms with Crippen molar-refractivity contribution >= 4 is 21.4 Å². The van der Waals surface area contributed by atoms with Crippen LogP contribution in [0.15, 0.2) is 52.4 Å². The van der Waals surface area contributed by atoms with Gasteiger partial charge in [-0.3, -0.25) is 19.6 Å². The molecule has 2 N–H and O–H groups in total. The molecule has 1 aromatic carbocycles. The molecule has 0 spiro atoms. The predicted octanol–water partition coefficient (Wildman–Crippen LogP) is 1.08. The lowest BCUT2D eigenvalue weighted by Crippen LogP contribution is -2.20. The van der Waals surface area contributed by atoms with Gasteiger partial charge in [0.25, 0.3) is 15.7 Å². The molecule has 0 fully saturated rings. The second kappa shape index (κ2) is 5.13. The Kier molecular flexibility index (Phi) is 3.53. The molecule has 1 aromatic heterocycles. The number of nitro groups is 1. The van der Waals surface area contributed by atoms with Crippen LogP contribution in [0, 0.1) is 10.1 Å². The average Bonchev–Trinajstić information content (AvgIpc) is 2.38. The Balaban J connectivity index is 2.39. The third-order valence-electron chi connectivity index (χ3n) is 2.39. The van der Waals surface area contributed by atoms with E-state index in [1.165, 1.54) is 24.4 Å². The van der Waals surface area contributed by atoms with Crippen LogP contribution in [0.1, 0.15) is 0 Å². The third kappa shape index (κ3) is 2.83. The summed E-state index contributed by atoms with van der Waals surface area (Å²) in [5.41, 5.74) is -0.934. The molecule has 0 radical (unpaired) electrons. The molecule has 0 amide bonds. The summed E-state index contributed by atoms with van der Waals surface area (Å²) in [7, 11) is -4.10. The van der Waals surface area contributed by atoms with E-state index in [2.05, 4.69) is 9.71 Å². The van der Waals surface area contributed by atoms with Gasteiger partial charge in [-0.25, -0.2) is 8.42 Å². The van der Waals surface area contributed by atoms with Crippen molar-refractivity contribution in [3.05, 3.63) is 63.1 Å². The summed E-state index contributed by atoms with van der Waals surface area (Å²) < 4.78 is 26.1. The topological polar surface area (TPSA) is 122 Å². The van der Waals surface area contributed by atoms with Gasteiger partial charge in [-0.2, -0.15) is 0 Å². The number of hydrogen-bond acceptors (Lipinski definition) is 5. The summed E-state index contributed by atoms with van der Waals surface area (Å²) in [6, 6.07) is 6.05. The average molecular weight is 295 g/mol. The Labute approximate surface area is 113 Å². The zero-order valence-electron chi connectivity index (χ0n) is 9.94. The normalized spacial score (nSPS) is 11.0. The van der Waals surface area contributed by atoms with Crippen LogP contribution in [0.3, 0.4) is 0 Å². The van der Waals surface area contributed by atoms with E-state index in [-0.39, 0.29) is 11.4 Å². The lowest BCUT2D eigenvalue weighted by molar-refractivity contribution is -0.384. The Morgan fingerprint density at radius 3 is 2.65 bits per heavy atom. The smallest absolute Gasteiger partial charge is 0.271 e. The van der Waals surface area contributed by atoms with Crippen molar-refractivity contribution in [2.45, 2.75) is 4.90 Å². The zero-order chi connectivity index (χ0) is 14.8. The summed E-state index contributed by atoms with van der Waals surface area (Å²) in [6.07, 6.45) is 2.34. The monoisotopic (exact) mass is 295 g/mol. The van der Waals surface area contributed by atoms with Crippen molar-refractivity contribution < 1.29 is 13.3 Å². The highest BCUT2D eigenvalue weighted by Gasteiger charge is 2.18. The van der Waals surface area contributed by atoms with Crippen LogP contribution in [0.2, 0.25) is 0 Å². The molecule has 0 aliphatic carbocycles. The Hall–Kier alpha value is -2.68. The van der Waals surface area contributed by atoms with Gasteiger partial charge in [0.1, 0.15) is 0 Å². The highest BCUT2D eigenvalue weighted by atomic mass is 32.2. The van der Waals surface area contributed by atoms with Gasteiger partial charge in [0, 0.05) is 30.6 Å². The molecule has 104 valence electrons. The van der Waals surface area contributed by atoms with E-state index < -0.39 is 25.3 Å². The molecule has 0 unspecified atom stereocenters. The van der Waals surface area contributed by atoms with Gasteiger partial charge in [0.05, 0.1) is 10.6 Å². The van der Waals surface area contributed by atoms with Crippen molar-refractivity contribution in [3.8, 4) is 0 Å². The standard InChI is InChI=1S/C11H9N3O5S/c15-10-4-5-12-7-11(10)20(18,19)13-8-2-1-3-9(6-8)14(16)17/h1-7,13H,(H,12,15). The number of non-ortho nitro benzene ring substituents is 1. The van der Waals surface area contributed by atoms with Crippen molar-refractivity contribution in [3.63, 3.8) is 0 Å². The first-order valence-electron chi connectivity index (χ1n) is 5.34. The van der Waals surface area contributed by atoms with Crippen molar-refractivity contribution in [1.82, 2.24) is 4.98 Å². The van der Waals surface area contributed by atoms with Crippen LogP contribution >= 0.6 is 0 Å². The van der Waals surface area contributed by atoms with Crippen LogP contribution in [0.25, 0.3) is 0 Å². The molecule has 20 heavy (non-hydrogen) atoms. The molecule has 0 aliphatic rings. The number of benzene rings is 1. The van der Waals surface area contributed by atoms with Gasteiger partial charge in [0.2, 0.25) is 5.43 Å². The first-order valence-corrected chi connectivity index (χ1v) is 6.83. The summed E-state index contributed by atoms with van der Waals surface area (Å²) in [5.74, 6) is 0. The molecular weight excluding hydrogens is 286 g/mol. The first-order chi connectivity index (χ1) is 9.40. The maximum Gasteiger partial charge on any atom is 0.271 e. The van der Waals surface area contributed by atoms with E-state index in [0.29, 0.717) is 0 Å². The number of nitrogens with zero attached hydrogens (tertiary/aromatic N) is 1. The predicted molar refractivity (Wildman–Crippen MR) is 71.0 cm³/mol. The van der Waals surface area contributed by atoms with E-state index in [9.17, 15) is 23.3 Å². The van der Waals surface area contributed by atoms with E-state index in [1.54, 1.807) is 0 Å². The quantitative estimate of drug-likeness (QED) is 0.645. The van der Waals surface area contributed by atoms with E-state index in [4.69, 9.17) is 0 Å². The highest BCUT2D eigenvalue weighted by Crippen LogP contribution is 2.19. The molecule has 2 aromatic rings. The van der Waals surface area contributed by atoms with Crippen LogP contribution in [-0.2, 0) is 10.0 Å². The number of aromatic amines is 1. The Morgan fingerprint density at radius 2 is 2.00 bits per heavy atom. The Bertz CT molecular complexity index is 813. The highest BCUT2D eigenvalue weighted by molar-refractivity contribution is 7.92. The first kappa shape index (κ1) is 13.7. The van der Waals surface area contributed by atoms with E-state index >= 15 is 0 Å². The number of sulfonamides is 1. The zero-order valence-corrected chi connectivity index (χ0v) is 10.8. The second-order valence-corrected chi connectivity index (χ2v) is 5.44. The fraction of sp³-hybridized carbons (Fsp3) is 0. The number of nitro benzene ring substituents is 1. The Morgan fingerprint density at radius 1 is 1.25 bits per heavy atom. The van der Waals surface area contributed by atoms with Gasteiger partial charge < -0.3 is 4.98 Å². The van der Waals surface area contributed by atoms with Gasteiger partial charge in [-0.15, -0.1) is 0 Å². The van der Waals surface area contributed by atoms with E-state index in [1.807, 2.05) is 0 Å². The summed E-state index contributed by atoms with van der Waals surface area (Å²) in [6.45, 7) is 0. The number of H-pyrrole nitrogens is 1. The molecule has 0 bridgehead atoms. The van der Waals surface area contributed by atoms with Gasteiger partial charge in [0.15, 0.2) is 4.90 Å². The summed E-state index contributed by atoms with van der Waals surface area (Å²) >= 11 is 0. The molecule has 0 atom stereocenters. The van der Waals surface area contributed by atoms with Crippen LogP contribution in [0.5, 0.6) is 0 Å². The van der Waals surface area contributed by atoms with Crippen LogP contribution < -0.4 is 10.2 Å². The molecule has 1 heterocycles. The minimum atomic E-state index is -4.10. The largest absolute Gasteiger partial charge is 0.366 e. The summed E-state index contributed by atoms with van der Waals surface area (Å²) in [5, 5.41) is 10.6. The lowest BCUT2D eigenvalue weighted by atomic mass is 10.3. The molecular formula is C11H9N3O5S. The van der Waals surface area contributed by atoms with Gasteiger partial charge >= 0.3 is 0 Å². The third-order valence-corrected chi connectivity index (χ3v) is 3.79. The number of pyridine rings is 1. The van der Waals surface area contributed by atoms with Gasteiger partial charge in [-0.1, -0.05) is 6.07 Å². The van der Waals surface area contributed by atoms with Crippen LogP contribution in [-0.4, -0.2) is 18.3 Å². The maximum atomic E-state index is 12.0. The SMILES string of the molecule is O=c1cc[nH]cc1S(=O)(=O)Nc1cccc([N+](=O)[O-])c1. The second-order valence-electron chi connectivity index (χ2n) is 3.79. The summed E-state index contributed by atoms with van der Waals surface area (Å²) in [4.78, 5) is 23.5. The minimum Gasteiger partial charge on any atom is -0.366 e. The van der Waals surface area contributed by atoms with Crippen molar-refractivity contribution in [2.24, 2.45) is 0 Å². The lowest BCUT2D eigenvalue weighted by Gasteiger charge is -2.06. The number of anilines is 1. The molecule has 0 aliphatic heterocycles. The number of nitrogens with one attached hydrogen (secondary N) is 2. The van der Waals surface area contributed by atoms with Crippen LogP contribution in [0.4, 0.5) is 11.4 Å². The fourth-order valence-electron chi connectivity index (χ4n) is 1.50. The number of hydrogen-bond donors (Lipinski definition) is 2. The minimum absolute atomic E-state index is 0.00227. The van der Waals surface area contributed by atoms with Gasteiger partial charge in [-0.05, 0) is 6.07 Å². The molecule has 0 saturated heterocycles. The van der Waals surface area contributed by atoms with Crippen molar-refractivity contribution in [1.29, 1.82) is 0 Å². The molecule has 9 heteroatoms. The number of aromatic nitrogens is 1. The molecule has 0 saturated carbocycles.